The van der Waals surface area contributed by atoms with Gasteiger partial charge < -0.3 is 19.3 Å². The first kappa shape index (κ1) is 25.4. The van der Waals surface area contributed by atoms with Gasteiger partial charge in [-0.15, -0.1) is 0 Å². The van der Waals surface area contributed by atoms with Crippen molar-refractivity contribution in [3.63, 3.8) is 0 Å². The standard InChI is InChI=1S/C27H31N3O5S/c1-20-8-9-22(18-21(20)2)28-36(32,33)24-12-10-23(11-13-24)35-19-27(31)30-16-14-29(15-17-30)25-6-4-5-7-26(25)34-3/h4-13,18,28H,14-17,19H2,1-3H3. The second-order valence-corrected chi connectivity index (χ2v) is 10.4. The molecule has 4 rings (SSSR count). The fourth-order valence-electron chi connectivity index (χ4n) is 4.06. The number of anilines is 2. The van der Waals surface area contributed by atoms with Gasteiger partial charge in [-0.2, -0.15) is 0 Å². The number of nitrogens with zero attached hydrogens (tertiary/aromatic N) is 2. The summed E-state index contributed by atoms with van der Waals surface area (Å²) in [5.74, 6) is 1.14. The summed E-state index contributed by atoms with van der Waals surface area (Å²) in [6.07, 6.45) is 0. The third-order valence-electron chi connectivity index (χ3n) is 6.31. The minimum atomic E-state index is -3.74. The molecule has 1 heterocycles. The van der Waals surface area contributed by atoms with Crippen LogP contribution in [0.5, 0.6) is 11.5 Å². The maximum Gasteiger partial charge on any atom is 0.261 e. The number of ether oxygens (including phenoxy) is 2. The van der Waals surface area contributed by atoms with E-state index in [1.807, 2.05) is 44.2 Å². The minimum Gasteiger partial charge on any atom is -0.495 e. The highest BCUT2D eigenvalue weighted by molar-refractivity contribution is 7.92. The molecular formula is C27H31N3O5S. The molecule has 0 bridgehead atoms. The summed E-state index contributed by atoms with van der Waals surface area (Å²) in [7, 11) is -2.08. The van der Waals surface area contributed by atoms with Crippen molar-refractivity contribution in [2.45, 2.75) is 18.7 Å². The number of benzene rings is 3. The van der Waals surface area contributed by atoms with Gasteiger partial charge in [-0.1, -0.05) is 18.2 Å². The van der Waals surface area contributed by atoms with Crippen molar-refractivity contribution in [1.29, 1.82) is 0 Å². The molecule has 0 atom stereocenters. The largest absolute Gasteiger partial charge is 0.495 e. The van der Waals surface area contributed by atoms with Gasteiger partial charge in [-0.25, -0.2) is 8.42 Å². The van der Waals surface area contributed by atoms with Crippen molar-refractivity contribution >= 4 is 27.3 Å². The number of methoxy groups -OCH3 is 1. The van der Waals surface area contributed by atoms with E-state index in [1.54, 1.807) is 36.3 Å². The van der Waals surface area contributed by atoms with Crippen LogP contribution in [0.15, 0.2) is 71.6 Å². The molecule has 1 saturated heterocycles. The maximum absolute atomic E-state index is 12.7. The highest BCUT2D eigenvalue weighted by atomic mass is 32.2. The van der Waals surface area contributed by atoms with E-state index in [0.29, 0.717) is 37.6 Å². The van der Waals surface area contributed by atoms with Crippen LogP contribution in [0.3, 0.4) is 0 Å². The van der Waals surface area contributed by atoms with Crippen LogP contribution in [-0.4, -0.2) is 59.1 Å². The third kappa shape index (κ3) is 5.91. The lowest BCUT2D eigenvalue weighted by Gasteiger charge is -2.36. The second kappa shape index (κ2) is 10.9. The Balaban J connectivity index is 1.29. The van der Waals surface area contributed by atoms with Gasteiger partial charge in [0.25, 0.3) is 15.9 Å². The van der Waals surface area contributed by atoms with Crippen LogP contribution in [0.25, 0.3) is 0 Å². The number of hydrogen-bond acceptors (Lipinski definition) is 6. The molecule has 0 aliphatic carbocycles. The zero-order valence-corrected chi connectivity index (χ0v) is 21.5. The van der Waals surface area contributed by atoms with Gasteiger partial charge in [-0.05, 0) is 73.5 Å². The summed E-state index contributed by atoms with van der Waals surface area (Å²) in [6, 6.07) is 19.3. The Hall–Kier alpha value is -3.72. The van der Waals surface area contributed by atoms with Crippen molar-refractivity contribution in [1.82, 2.24) is 4.90 Å². The van der Waals surface area contributed by atoms with Crippen LogP contribution < -0.4 is 19.1 Å². The molecule has 0 radical (unpaired) electrons. The van der Waals surface area contributed by atoms with E-state index < -0.39 is 10.0 Å². The molecule has 1 aliphatic heterocycles. The topological polar surface area (TPSA) is 88.2 Å². The van der Waals surface area contributed by atoms with E-state index in [2.05, 4.69) is 9.62 Å². The van der Waals surface area contributed by atoms with Crippen molar-refractivity contribution in [2.75, 3.05) is 49.5 Å². The fraction of sp³-hybridized carbons (Fsp3) is 0.296. The van der Waals surface area contributed by atoms with Crippen LogP contribution in [0.2, 0.25) is 0 Å². The van der Waals surface area contributed by atoms with Gasteiger partial charge in [0.2, 0.25) is 0 Å². The maximum atomic E-state index is 12.7. The van der Waals surface area contributed by atoms with E-state index in [-0.39, 0.29) is 17.4 Å². The lowest BCUT2D eigenvalue weighted by atomic mass is 10.1. The summed E-state index contributed by atoms with van der Waals surface area (Å²) >= 11 is 0. The molecule has 1 aliphatic rings. The SMILES string of the molecule is COc1ccccc1N1CCN(C(=O)COc2ccc(S(=O)(=O)Nc3ccc(C)c(C)c3)cc2)CC1. The predicted molar refractivity (Wildman–Crippen MR) is 140 cm³/mol. The minimum absolute atomic E-state index is 0.109. The molecule has 9 heteroatoms. The van der Waals surface area contributed by atoms with Gasteiger partial charge >= 0.3 is 0 Å². The van der Waals surface area contributed by atoms with Gasteiger partial charge in [-0.3, -0.25) is 9.52 Å². The molecule has 190 valence electrons. The van der Waals surface area contributed by atoms with E-state index in [4.69, 9.17) is 9.47 Å². The molecule has 1 amide bonds. The third-order valence-corrected chi connectivity index (χ3v) is 7.71. The van der Waals surface area contributed by atoms with E-state index in [1.165, 1.54) is 12.1 Å². The van der Waals surface area contributed by atoms with E-state index in [0.717, 1.165) is 22.6 Å². The monoisotopic (exact) mass is 509 g/mol. The number of aryl methyl sites for hydroxylation is 2. The fourth-order valence-corrected chi connectivity index (χ4v) is 5.11. The van der Waals surface area contributed by atoms with Gasteiger partial charge in [0.15, 0.2) is 6.61 Å². The summed E-state index contributed by atoms with van der Waals surface area (Å²) in [6.45, 7) is 6.36. The van der Waals surface area contributed by atoms with E-state index in [9.17, 15) is 13.2 Å². The van der Waals surface area contributed by atoms with E-state index >= 15 is 0 Å². The first-order valence-electron chi connectivity index (χ1n) is 11.8. The Labute approximate surface area is 212 Å². The summed E-state index contributed by atoms with van der Waals surface area (Å²) in [5.41, 5.74) is 3.62. The highest BCUT2D eigenvalue weighted by Crippen LogP contribution is 2.28. The Bertz CT molecular complexity index is 1320. The smallest absolute Gasteiger partial charge is 0.261 e. The molecule has 0 unspecified atom stereocenters. The summed E-state index contributed by atoms with van der Waals surface area (Å²) in [4.78, 5) is 16.8. The molecule has 36 heavy (non-hydrogen) atoms. The van der Waals surface area contributed by atoms with Crippen LogP contribution in [0.4, 0.5) is 11.4 Å². The Morgan fingerprint density at radius 1 is 0.917 bits per heavy atom. The molecular weight excluding hydrogens is 478 g/mol. The molecule has 3 aromatic carbocycles. The number of piperazine rings is 1. The number of nitrogens with one attached hydrogen (secondary N) is 1. The molecule has 8 nitrogen and oxygen atoms in total. The average molecular weight is 510 g/mol. The Morgan fingerprint density at radius 3 is 2.28 bits per heavy atom. The first-order valence-corrected chi connectivity index (χ1v) is 13.2. The lowest BCUT2D eigenvalue weighted by molar-refractivity contribution is -0.133. The van der Waals surface area contributed by atoms with Crippen LogP contribution >= 0.6 is 0 Å². The number of para-hydroxylation sites is 2. The van der Waals surface area contributed by atoms with Crippen molar-refractivity contribution in [2.24, 2.45) is 0 Å². The van der Waals surface area contributed by atoms with Crippen molar-refractivity contribution in [3.05, 3.63) is 77.9 Å². The molecule has 3 aromatic rings. The Kier molecular flexibility index (Phi) is 7.69. The molecule has 1 N–H and O–H groups in total. The second-order valence-electron chi connectivity index (χ2n) is 8.70. The zero-order valence-electron chi connectivity index (χ0n) is 20.7. The van der Waals surface area contributed by atoms with Crippen LogP contribution in [-0.2, 0) is 14.8 Å². The number of sulfonamides is 1. The number of carbonyl (C=O) groups is 1. The van der Waals surface area contributed by atoms with Crippen molar-refractivity contribution < 1.29 is 22.7 Å². The lowest BCUT2D eigenvalue weighted by Crippen LogP contribution is -2.50. The quantitative estimate of drug-likeness (QED) is 0.497. The number of carbonyl (C=O) groups excluding carboxylic acids is 1. The van der Waals surface area contributed by atoms with Gasteiger partial charge in [0.05, 0.1) is 17.7 Å². The summed E-state index contributed by atoms with van der Waals surface area (Å²) in [5, 5.41) is 0. The normalized spacial score (nSPS) is 13.9. The number of hydrogen-bond donors (Lipinski definition) is 1. The van der Waals surface area contributed by atoms with Gasteiger partial charge in [0, 0.05) is 31.9 Å². The molecule has 0 spiro atoms. The summed E-state index contributed by atoms with van der Waals surface area (Å²) < 4.78 is 39.1. The highest BCUT2D eigenvalue weighted by Gasteiger charge is 2.23. The van der Waals surface area contributed by atoms with Crippen LogP contribution in [0.1, 0.15) is 11.1 Å². The number of amides is 1. The zero-order chi connectivity index (χ0) is 25.7. The first-order chi connectivity index (χ1) is 17.3. The molecule has 0 saturated carbocycles. The Morgan fingerprint density at radius 2 is 1.61 bits per heavy atom. The predicted octanol–water partition coefficient (Wildman–Crippen LogP) is 3.84. The molecule has 1 fully saturated rings. The van der Waals surface area contributed by atoms with Crippen LogP contribution in [0, 0.1) is 13.8 Å². The average Bonchev–Trinajstić information content (AvgIpc) is 2.89. The number of rotatable bonds is 8. The van der Waals surface area contributed by atoms with Gasteiger partial charge in [0.1, 0.15) is 11.5 Å². The molecule has 0 aromatic heterocycles. The van der Waals surface area contributed by atoms with Crippen molar-refractivity contribution in [3.8, 4) is 11.5 Å².